The number of benzene rings is 1. The maximum Gasteiger partial charge on any atom is 0.257 e. The predicted octanol–water partition coefficient (Wildman–Crippen LogP) is 0.450. The molecule has 1 aliphatic rings. The number of halogens is 1. The molecule has 0 radical (unpaired) electrons. The number of sulfonamides is 1. The van der Waals surface area contributed by atoms with Gasteiger partial charge in [-0.25, -0.2) is 27.9 Å². The molecule has 33 heavy (non-hydrogen) atoms. The Morgan fingerprint density at radius 3 is 2.67 bits per heavy atom. The summed E-state index contributed by atoms with van der Waals surface area (Å²) in [6.07, 6.45) is 2.54. The minimum atomic E-state index is -3.97. The van der Waals surface area contributed by atoms with Gasteiger partial charge in [0.2, 0.25) is 10.0 Å². The summed E-state index contributed by atoms with van der Waals surface area (Å²) >= 11 is 0. The number of morpholine rings is 1. The molecule has 1 aromatic heterocycles. The van der Waals surface area contributed by atoms with Crippen molar-refractivity contribution in [2.24, 2.45) is 5.14 Å². The van der Waals surface area contributed by atoms with Gasteiger partial charge in [-0.3, -0.25) is 0 Å². The van der Waals surface area contributed by atoms with Gasteiger partial charge in [0, 0.05) is 37.6 Å². The number of nitrogens with one attached hydrogen (secondary N) is 1. The van der Waals surface area contributed by atoms with Crippen LogP contribution in [0.3, 0.4) is 0 Å². The molecule has 0 aliphatic carbocycles. The van der Waals surface area contributed by atoms with Gasteiger partial charge >= 0.3 is 0 Å². The van der Waals surface area contributed by atoms with E-state index in [0.717, 1.165) is 6.07 Å². The standard InChI is InChI=1S/C21H30FN5O5S/c1-21(2,12-15-3-4-17(11-18(15)22)33(23,29)30)26-13-16(28)14-32-20-19(24-5-6-25-20)27-7-9-31-10-8-27/h3-6,11,16,26,28H,7-10,12-14H2,1-2H3,(H2,23,29,30)/t16-/m0/s1. The Bertz CT molecular complexity index is 1050. The van der Waals surface area contributed by atoms with Gasteiger partial charge in [-0.1, -0.05) is 6.07 Å². The number of nitrogens with zero attached hydrogens (tertiary/aromatic N) is 3. The molecule has 0 amide bonds. The third-order valence-electron chi connectivity index (χ3n) is 5.17. The summed E-state index contributed by atoms with van der Waals surface area (Å²) in [6, 6.07) is 3.59. The second-order valence-electron chi connectivity index (χ2n) is 8.49. The summed E-state index contributed by atoms with van der Waals surface area (Å²) < 4.78 is 48.2. The summed E-state index contributed by atoms with van der Waals surface area (Å²) in [5, 5.41) is 18.6. The van der Waals surface area contributed by atoms with Crippen molar-refractivity contribution in [2.75, 3.05) is 44.4 Å². The van der Waals surface area contributed by atoms with Gasteiger partial charge in [0.15, 0.2) is 5.82 Å². The highest BCUT2D eigenvalue weighted by molar-refractivity contribution is 7.89. The zero-order valence-electron chi connectivity index (χ0n) is 18.7. The summed E-state index contributed by atoms with van der Waals surface area (Å²) in [5.41, 5.74) is -0.253. The molecule has 10 nitrogen and oxygen atoms in total. The molecule has 1 saturated heterocycles. The van der Waals surface area contributed by atoms with E-state index in [0.29, 0.717) is 43.6 Å². The van der Waals surface area contributed by atoms with Gasteiger partial charge in [0.1, 0.15) is 18.5 Å². The highest BCUT2D eigenvalue weighted by Gasteiger charge is 2.23. The van der Waals surface area contributed by atoms with Crippen molar-refractivity contribution in [3.8, 4) is 5.88 Å². The first-order valence-corrected chi connectivity index (χ1v) is 12.1. The number of β-amino-alcohol motifs (C(OH)–C–C–N with tert-alkyl or cyclic N) is 1. The van der Waals surface area contributed by atoms with E-state index < -0.39 is 27.5 Å². The van der Waals surface area contributed by atoms with Crippen LogP contribution in [-0.4, -0.2) is 74.6 Å². The van der Waals surface area contributed by atoms with E-state index in [1.165, 1.54) is 18.3 Å². The van der Waals surface area contributed by atoms with Gasteiger partial charge in [-0.05, 0) is 38.0 Å². The maximum atomic E-state index is 14.4. The molecule has 0 saturated carbocycles. The molecule has 0 unspecified atom stereocenters. The first-order valence-electron chi connectivity index (χ1n) is 10.6. The largest absolute Gasteiger partial charge is 0.472 e. The Balaban J connectivity index is 1.53. The number of hydrogen-bond acceptors (Lipinski definition) is 9. The first-order chi connectivity index (χ1) is 15.5. The fourth-order valence-corrected chi connectivity index (χ4v) is 3.95. The van der Waals surface area contributed by atoms with Crippen LogP contribution in [-0.2, 0) is 21.2 Å². The number of aliphatic hydroxyl groups is 1. The highest BCUT2D eigenvalue weighted by atomic mass is 32.2. The number of primary sulfonamides is 1. The molecule has 3 rings (SSSR count). The normalized spacial score (nSPS) is 16.0. The molecule has 4 N–H and O–H groups in total. The molecule has 0 bridgehead atoms. The van der Waals surface area contributed by atoms with Crippen LogP contribution in [0.25, 0.3) is 0 Å². The van der Waals surface area contributed by atoms with Crippen molar-refractivity contribution in [1.29, 1.82) is 0 Å². The maximum absolute atomic E-state index is 14.4. The minimum Gasteiger partial charge on any atom is -0.472 e. The number of anilines is 1. The van der Waals surface area contributed by atoms with E-state index in [2.05, 4.69) is 15.3 Å². The molecular weight excluding hydrogens is 453 g/mol. The number of aromatic nitrogens is 2. The van der Waals surface area contributed by atoms with E-state index >= 15 is 0 Å². The molecule has 12 heteroatoms. The summed E-state index contributed by atoms with van der Waals surface area (Å²) in [4.78, 5) is 10.3. The van der Waals surface area contributed by atoms with Crippen molar-refractivity contribution in [3.05, 3.63) is 42.0 Å². The van der Waals surface area contributed by atoms with Crippen LogP contribution >= 0.6 is 0 Å². The van der Waals surface area contributed by atoms with Crippen LogP contribution < -0.4 is 20.1 Å². The van der Waals surface area contributed by atoms with E-state index in [9.17, 15) is 17.9 Å². The highest BCUT2D eigenvalue weighted by Crippen LogP contribution is 2.23. The van der Waals surface area contributed by atoms with Gasteiger partial charge in [-0.15, -0.1) is 0 Å². The summed E-state index contributed by atoms with van der Waals surface area (Å²) in [5.74, 6) is 0.299. The average Bonchev–Trinajstić information content (AvgIpc) is 2.78. The third kappa shape index (κ3) is 7.30. The van der Waals surface area contributed by atoms with E-state index in [-0.39, 0.29) is 24.5 Å². The van der Waals surface area contributed by atoms with Crippen LogP contribution in [0.4, 0.5) is 10.2 Å². The van der Waals surface area contributed by atoms with Gasteiger partial charge in [0.05, 0.1) is 18.1 Å². The molecule has 1 aromatic carbocycles. The van der Waals surface area contributed by atoms with Gasteiger partial charge < -0.3 is 24.8 Å². The van der Waals surface area contributed by atoms with Crippen LogP contribution in [0, 0.1) is 5.82 Å². The van der Waals surface area contributed by atoms with Crippen molar-refractivity contribution in [3.63, 3.8) is 0 Å². The summed E-state index contributed by atoms with van der Waals surface area (Å²) in [7, 11) is -3.97. The molecule has 1 aliphatic heterocycles. The van der Waals surface area contributed by atoms with Crippen molar-refractivity contribution in [1.82, 2.24) is 15.3 Å². The summed E-state index contributed by atoms with van der Waals surface area (Å²) in [6.45, 7) is 6.46. The van der Waals surface area contributed by atoms with Gasteiger partial charge in [0.25, 0.3) is 5.88 Å². The Kier molecular flexibility index (Phi) is 8.19. The Morgan fingerprint density at radius 2 is 2.00 bits per heavy atom. The molecule has 1 fully saturated rings. The van der Waals surface area contributed by atoms with Crippen LogP contribution in [0.5, 0.6) is 5.88 Å². The third-order valence-corrected chi connectivity index (χ3v) is 6.08. The molecule has 1 atom stereocenters. The fraction of sp³-hybridized carbons (Fsp3) is 0.524. The Hall–Kier alpha value is -2.38. The minimum absolute atomic E-state index is 0.00344. The van der Waals surface area contributed by atoms with E-state index in [4.69, 9.17) is 14.6 Å². The van der Waals surface area contributed by atoms with Crippen LogP contribution in [0.1, 0.15) is 19.4 Å². The van der Waals surface area contributed by atoms with Crippen LogP contribution in [0.2, 0.25) is 0 Å². The number of rotatable bonds is 10. The zero-order chi connectivity index (χ0) is 24.1. The number of hydrogen-bond donors (Lipinski definition) is 3. The monoisotopic (exact) mass is 483 g/mol. The van der Waals surface area contributed by atoms with Gasteiger partial charge in [-0.2, -0.15) is 0 Å². The SMILES string of the molecule is CC(C)(Cc1ccc(S(N)(=O)=O)cc1F)NC[C@H](O)COc1nccnc1N1CCOCC1. The molecule has 0 spiro atoms. The van der Waals surface area contributed by atoms with E-state index in [1.54, 1.807) is 6.20 Å². The lowest BCUT2D eigenvalue weighted by atomic mass is 9.94. The Labute approximate surface area is 193 Å². The number of nitrogens with two attached hydrogens (primary N) is 1. The lowest BCUT2D eigenvalue weighted by molar-refractivity contribution is 0.0956. The second kappa shape index (κ2) is 10.7. The van der Waals surface area contributed by atoms with E-state index in [1.807, 2.05) is 18.7 Å². The topological polar surface area (TPSA) is 140 Å². The molecule has 2 heterocycles. The Morgan fingerprint density at radius 1 is 1.30 bits per heavy atom. The number of ether oxygens (including phenoxy) is 2. The quantitative estimate of drug-likeness (QED) is 0.439. The molecule has 2 aromatic rings. The van der Waals surface area contributed by atoms with Crippen LogP contribution in [0.15, 0.2) is 35.5 Å². The molecule has 182 valence electrons. The fourth-order valence-electron chi connectivity index (χ4n) is 3.43. The second-order valence-corrected chi connectivity index (χ2v) is 10.1. The smallest absolute Gasteiger partial charge is 0.257 e. The molecular formula is C21H30FN5O5S. The van der Waals surface area contributed by atoms with Crippen molar-refractivity contribution in [2.45, 2.75) is 36.8 Å². The zero-order valence-corrected chi connectivity index (χ0v) is 19.5. The lowest BCUT2D eigenvalue weighted by Gasteiger charge is -2.29. The lowest BCUT2D eigenvalue weighted by Crippen LogP contribution is -2.46. The predicted molar refractivity (Wildman–Crippen MR) is 120 cm³/mol. The number of aliphatic hydroxyl groups excluding tert-OH is 1. The van der Waals surface area contributed by atoms with Crippen molar-refractivity contribution < 1.29 is 27.4 Å². The first kappa shape index (κ1) is 25.2. The average molecular weight is 484 g/mol. The van der Waals surface area contributed by atoms with Crippen molar-refractivity contribution >= 4 is 15.8 Å².